The third-order valence-corrected chi connectivity index (χ3v) is 2.64. The molecule has 2 rings (SSSR count). The number of hydrogen-bond acceptors (Lipinski definition) is 4. The van der Waals surface area contributed by atoms with Crippen molar-refractivity contribution in [2.24, 2.45) is 5.92 Å². The second kappa shape index (κ2) is 3.79. The molecule has 2 N–H and O–H groups in total. The Morgan fingerprint density at radius 2 is 2.50 bits per heavy atom. The molecule has 2 heterocycles. The number of carbonyl (C=O) groups is 1. The zero-order chi connectivity index (χ0) is 9.97. The van der Waals surface area contributed by atoms with Crippen molar-refractivity contribution in [1.29, 1.82) is 0 Å². The van der Waals surface area contributed by atoms with Crippen LogP contribution < -0.4 is 5.32 Å². The Morgan fingerprint density at radius 3 is 3.14 bits per heavy atom. The standard InChI is InChI=1S/C9H13N3O2/c1-14-9(13)7-5-10-4-6(7)8-2-3-11-12-8/h2-3,6-7,10H,4-5H2,1H3,(H,11,12). The van der Waals surface area contributed by atoms with Crippen molar-refractivity contribution in [2.45, 2.75) is 5.92 Å². The van der Waals surface area contributed by atoms with E-state index in [1.54, 1.807) is 6.20 Å². The Balaban J connectivity index is 2.15. The SMILES string of the molecule is COC(=O)C1CNCC1c1ccn[nH]1. The minimum atomic E-state index is -0.158. The van der Waals surface area contributed by atoms with Gasteiger partial charge in [0.1, 0.15) is 0 Å². The molecule has 5 nitrogen and oxygen atoms in total. The molecule has 0 aliphatic carbocycles. The zero-order valence-electron chi connectivity index (χ0n) is 7.99. The van der Waals surface area contributed by atoms with Gasteiger partial charge in [0.15, 0.2) is 0 Å². The monoisotopic (exact) mass is 195 g/mol. The molecule has 1 aliphatic rings. The molecule has 0 bridgehead atoms. The van der Waals surface area contributed by atoms with Crippen LogP contribution in [0.3, 0.4) is 0 Å². The van der Waals surface area contributed by atoms with Crippen LogP contribution in [0.2, 0.25) is 0 Å². The van der Waals surface area contributed by atoms with Gasteiger partial charge in [-0.3, -0.25) is 9.89 Å². The van der Waals surface area contributed by atoms with Crippen molar-refractivity contribution in [3.05, 3.63) is 18.0 Å². The summed E-state index contributed by atoms with van der Waals surface area (Å²) in [4.78, 5) is 11.4. The molecular weight excluding hydrogens is 182 g/mol. The molecule has 5 heteroatoms. The number of nitrogens with one attached hydrogen (secondary N) is 2. The maximum Gasteiger partial charge on any atom is 0.310 e. The minimum absolute atomic E-state index is 0.0968. The molecular formula is C9H13N3O2. The molecule has 1 aliphatic heterocycles. The predicted molar refractivity (Wildman–Crippen MR) is 49.7 cm³/mol. The average Bonchev–Trinajstić information content (AvgIpc) is 2.85. The quantitative estimate of drug-likeness (QED) is 0.646. The lowest BCUT2D eigenvalue weighted by molar-refractivity contribution is -0.145. The highest BCUT2D eigenvalue weighted by molar-refractivity contribution is 5.74. The number of rotatable bonds is 2. The number of carbonyl (C=O) groups excluding carboxylic acids is 1. The third kappa shape index (κ3) is 1.50. The molecule has 1 aromatic heterocycles. The molecule has 0 radical (unpaired) electrons. The third-order valence-electron chi connectivity index (χ3n) is 2.64. The summed E-state index contributed by atoms with van der Waals surface area (Å²) in [5.74, 6) is -0.0972. The van der Waals surface area contributed by atoms with E-state index < -0.39 is 0 Å². The Kier molecular flexibility index (Phi) is 2.49. The fourth-order valence-corrected chi connectivity index (χ4v) is 1.88. The number of aromatic amines is 1. The van der Waals surface area contributed by atoms with Crippen molar-refractivity contribution in [1.82, 2.24) is 15.5 Å². The number of nitrogens with zero attached hydrogens (tertiary/aromatic N) is 1. The topological polar surface area (TPSA) is 67.0 Å². The fraction of sp³-hybridized carbons (Fsp3) is 0.556. The second-order valence-corrected chi connectivity index (χ2v) is 3.41. The van der Waals surface area contributed by atoms with Gasteiger partial charge in [0.05, 0.1) is 13.0 Å². The van der Waals surface area contributed by atoms with E-state index in [9.17, 15) is 4.79 Å². The lowest BCUT2D eigenvalue weighted by Crippen LogP contribution is -2.23. The van der Waals surface area contributed by atoms with Gasteiger partial charge >= 0.3 is 5.97 Å². The van der Waals surface area contributed by atoms with Gasteiger partial charge in [0, 0.05) is 30.9 Å². The summed E-state index contributed by atoms with van der Waals surface area (Å²) in [5, 5.41) is 9.95. The molecule has 0 aromatic carbocycles. The number of ether oxygens (including phenoxy) is 1. The smallest absolute Gasteiger partial charge is 0.310 e. The molecule has 76 valence electrons. The van der Waals surface area contributed by atoms with Gasteiger partial charge in [-0.15, -0.1) is 0 Å². The van der Waals surface area contributed by atoms with E-state index in [2.05, 4.69) is 15.5 Å². The lowest BCUT2D eigenvalue weighted by Gasteiger charge is -2.14. The van der Waals surface area contributed by atoms with Crippen molar-refractivity contribution in [2.75, 3.05) is 20.2 Å². The first kappa shape index (κ1) is 9.21. The summed E-state index contributed by atoms with van der Waals surface area (Å²) in [7, 11) is 1.42. The van der Waals surface area contributed by atoms with Crippen LogP contribution in [0.4, 0.5) is 0 Å². The molecule has 2 unspecified atom stereocenters. The van der Waals surface area contributed by atoms with Gasteiger partial charge in [0.2, 0.25) is 0 Å². The highest BCUT2D eigenvalue weighted by Crippen LogP contribution is 2.27. The van der Waals surface area contributed by atoms with Gasteiger partial charge in [-0.1, -0.05) is 0 Å². The van der Waals surface area contributed by atoms with Gasteiger partial charge in [0.25, 0.3) is 0 Å². The molecule has 14 heavy (non-hydrogen) atoms. The Hall–Kier alpha value is -1.36. The minimum Gasteiger partial charge on any atom is -0.469 e. The fourth-order valence-electron chi connectivity index (χ4n) is 1.88. The zero-order valence-corrected chi connectivity index (χ0v) is 7.99. The van der Waals surface area contributed by atoms with Gasteiger partial charge in [-0.05, 0) is 6.07 Å². The number of aromatic nitrogens is 2. The highest BCUT2D eigenvalue weighted by atomic mass is 16.5. The van der Waals surface area contributed by atoms with Crippen LogP contribution in [-0.4, -0.2) is 36.4 Å². The van der Waals surface area contributed by atoms with E-state index in [1.807, 2.05) is 6.07 Å². The van der Waals surface area contributed by atoms with E-state index in [4.69, 9.17) is 4.74 Å². The average molecular weight is 195 g/mol. The van der Waals surface area contributed by atoms with Gasteiger partial charge in [-0.25, -0.2) is 0 Å². The van der Waals surface area contributed by atoms with Crippen molar-refractivity contribution in [3.63, 3.8) is 0 Å². The maximum atomic E-state index is 11.4. The number of hydrogen-bond donors (Lipinski definition) is 2. The van der Waals surface area contributed by atoms with Crippen molar-refractivity contribution in [3.8, 4) is 0 Å². The molecule has 0 spiro atoms. The summed E-state index contributed by atoms with van der Waals surface area (Å²) in [5.41, 5.74) is 0.991. The molecule has 1 saturated heterocycles. The molecule has 0 saturated carbocycles. The Morgan fingerprint density at radius 1 is 1.64 bits per heavy atom. The summed E-state index contributed by atoms with van der Waals surface area (Å²) in [6.45, 7) is 1.47. The first-order chi connectivity index (χ1) is 6.83. The van der Waals surface area contributed by atoms with Crippen molar-refractivity contribution >= 4 is 5.97 Å². The lowest BCUT2D eigenvalue weighted by atomic mass is 9.93. The Bertz CT molecular complexity index is 310. The van der Waals surface area contributed by atoms with E-state index >= 15 is 0 Å². The van der Waals surface area contributed by atoms with Crippen LogP contribution >= 0.6 is 0 Å². The summed E-state index contributed by atoms with van der Waals surface area (Å²) >= 11 is 0. The van der Waals surface area contributed by atoms with E-state index in [-0.39, 0.29) is 17.8 Å². The normalized spacial score (nSPS) is 26.4. The second-order valence-electron chi connectivity index (χ2n) is 3.41. The molecule has 0 amide bonds. The van der Waals surface area contributed by atoms with E-state index in [1.165, 1.54) is 7.11 Å². The maximum absolute atomic E-state index is 11.4. The predicted octanol–water partition coefficient (Wildman–Crippen LogP) is -0.114. The summed E-state index contributed by atoms with van der Waals surface area (Å²) in [6.07, 6.45) is 1.70. The number of H-pyrrole nitrogens is 1. The Labute approximate surface area is 81.8 Å². The van der Waals surface area contributed by atoms with Crippen LogP contribution in [0, 0.1) is 5.92 Å². The first-order valence-electron chi connectivity index (χ1n) is 4.60. The largest absolute Gasteiger partial charge is 0.469 e. The van der Waals surface area contributed by atoms with Crippen LogP contribution in [0.25, 0.3) is 0 Å². The van der Waals surface area contributed by atoms with Crippen molar-refractivity contribution < 1.29 is 9.53 Å². The van der Waals surface area contributed by atoms with Gasteiger partial charge in [-0.2, -0.15) is 5.10 Å². The van der Waals surface area contributed by atoms with Crippen LogP contribution in [0.5, 0.6) is 0 Å². The summed E-state index contributed by atoms with van der Waals surface area (Å²) in [6, 6.07) is 1.90. The molecule has 1 aromatic rings. The van der Waals surface area contributed by atoms with Crippen LogP contribution in [0.1, 0.15) is 11.6 Å². The van der Waals surface area contributed by atoms with E-state index in [0.717, 1.165) is 12.2 Å². The summed E-state index contributed by atoms with van der Waals surface area (Å²) < 4.78 is 4.75. The number of methoxy groups -OCH3 is 1. The van der Waals surface area contributed by atoms with E-state index in [0.29, 0.717) is 6.54 Å². The van der Waals surface area contributed by atoms with Crippen LogP contribution in [-0.2, 0) is 9.53 Å². The highest BCUT2D eigenvalue weighted by Gasteiger charge is 2.35. The number of esters is 1. The van der Waals surface area contributed by atoms with Crippen LogP contribution in [0.15, 0.2) is 12.3 Å². The molecule has 2 atom stereocenters. The van der Waals surface area contributed by atoms with Gasteiger partial charge < -0.3 is 10.1 Å². The molecule has 1 fully saturated rings. The first-order valence-corrected chi connectivity index (χ1v) is 4.60.